The highest BCUT2D eigenvalue weighted by atomic mass is 35.5. The fraction of sp³-hybridized carbons (Fsp3) is 0.400. The molecular weight excluding hydrogens is 306 g/mol. The maximum atomic E-state index is 5.94. The third-order valence-electron chi connectivity index (χ3n) is 4.09. The van der Waals surface area contributed by atoms with Crippen molar-refractivity contribution in [2.45, 2.75) is 38.8 Å². The molecule has 1 fully saturated rings. The minimum Gasteiger partial charge on any atom is -0.378 e. The fourth-order valence-electron chi connectivity index (χ4n) is 2.73. The van der Waals surface area contributed by atoms with Gasteiger partial charge in [-0.3, -0.25) is 0 Å². The summed E-state index contributed by atoms with van der Waals surface area (Å²) in [5.74, 6) is 0. The monoisotopic (exact) mass is 331 g/mol. The van der Waals surface area contributed by atoms with Gasteiger partial charge in [0.15, 0.2) is 0 Å². The number of benzene rings is 1. The summed E-state index contributed by atoms with van der Waals surface area (Å²) in [6.07, 6.45) is 8.79. The van der Waals surface area contributed by atoms with Gasteiger partial charge >= 0.3 is 0 Å². The molecule has 1 saturated heterocycles. The zero-order valence-corrected chi connectivity index (χ0v) is 14.8. The molecule has 0 amide bonds. The number of nitrogens with one attached hydrogen (secondary N) is 1. The molecule has 0 radical (unpaired) electrons. The first kappa shape index (κ1) is 18.0. The van der Waals surface area contributed by atoms with Crippen LogP contribution in [0.25, 0.3) is 5.57 Å². The highest BCUT2D eigenvalue weighted by Gasteiger charge is 2.18. The van der Waals surface area contributed by atoms with E-state index in [1.54, 1.807) is 0 Å². The second-order valence-corrected chi connectivity index (χ2v) is 6.46. The Bertz CT molecular complexity index is 574. The van der Waals surface area contributed by atoms with E-state index in [4.69, 9.17) is 16.3 Å². The number of hydrogen-bond donors (Lipinski definition) is 1. The minimum absolute atomic E-state index is 0.351. The van der Waals surface area contributed by atoms with Crippen molar-refractivity contribution in [2.75, 3.05) is 13.2 Å². The lowest BCUT2D eigenvalue weighted by molar-refractivity contribution is 0.0139. The molecule has 1 aliphatic rings. The molecule has 0 aliphatic carbocycles. The van der Waals surface area contributed by atoms with Gasteiger partial charge in [0.05, 0.1) is 6.10 Å². The summed E-state index contributed by atoms with van der Waals surface area (Å²) >= 11 is 5.94. The molecule has 2 rings (SSSR count). The Kier molecular flexibility index (Phi) is 7.10. The molecule has 1 aromatic rings. The van der Waals surface area contributed by atoms with Crippen LogP contribution in [0, 0.1) is 0 Å². The molecule has 1 N–H and O–H groups in total. The summed E-state index contributed by atoms with van der Waals surface area (Å²) in [4.78, 5) is 0. The summed E-state index contributed by atoms with van der Waals surface area (Å²) in [7, 11) is 0. The lowest BCUT2D eigenvalue weighted by atomic mass is 10.0. The van der Waals surface area contributed by atoms with Gasteiger partial charge in [0.2, 0.25) is 0 Å². The van der Waals surface area contributed by atoms with Gasteiger partial charge < -0.3 is 10.1 Å². The van der Waals surface area contributed by atoms with Crippen molar-refractivity contribution in [3.63, 3.8) is 0 Å². The molecule has 3 heteroatoms. The quantitative estimate of drug-likeness (QED) is 0.739. The molecule has 2 nitrogen and oxygen atoms in total. The Morgan fingerprint density at radius 1 is 1.35 bits per heavy atom. The highest BCUT2D eigenvalue weighted by molar-refractivity contribution is 6.30. The molecule has 1 heterocycles. The van der Waals surface area contributed by atoms with Crippen LogP contribution in [0.3, 0.4) is 0 Å². The van der Waals surface area contributed by atoms with Gasteiger partial charge in [-0.15, -0.1) is 0 Å². The summed E-state index contributed by atoms with van der Waals surface area (Å²) in [5.41, 5.74) is 3.41. The van der Waals surface area contributed by atoms with E-state index in [1.807, 2.05) is 31.2 Å². The molecule has 124 valence electrons. The van der Waals surface area contributed by atoms with E-state index >= 15 is 0 Å². The molecule has 23 heavy (non-hydrogen) atoms. The van der Waals surface area contributed by atoms with Gasteiger partial charge in [0, 0.05) is 24.2 Å². The molecule has 1 aromatic carbocycles. The van der Waals surface area contributed by atoms with Crippen LogP contribution in [0.1, 0.15) is 32.3 Å². The Hall–Kier alpha value is -1.35. The zero-order valence-electron chi connectivity index (χ0n) is 14.0. The summed E-state index contributed by atoms with van der Waals surface area (Å²) in [6, 6.07) is 8.42. The van der Waals surface area contributed by atoms with E-state index in [1.165, 1.54) is 5.57 Å². The second-order valence-electron chi connectivity index (χ2n) is 6.03. The smallest absolute Gasteiger partial charge is 0.0561 e. The van der Waals surface area contributed by atoms with Gasteiger partial charge in [-0.2, -0.15) is 0 Å². The fourth-order valence-corrected chi connectivity index (χ4v) is 2.85. The van der Waals surface area contributed by atoms with Crippen LogP contribution in [0.4, 0.5) is 0 Å². The first-order chi connectivity index (χ1) is 11.1. The van der Waals surface area contributed by atoms with Crippen molar-refractivity contribution in [1.29, 1.82) is 0 Å². The summed E-state index contributed by atoms with van der Waals surface area (Å²) < 4.78 is 5.57. The lowest BCUT2D eigenvalue weighted by Crippen LogP contribution is -2.38. The van der Waals surface area contributed by atoms with E-state index in [2.05, 4.69) is 37.0 Å². The van der Waals surface area contributed by atoms with E-state index in [0.29, 0.717) is 12.1 Å². The molecule has 0 bridgehead atoms. The van der Waals surface area contributed by atoms with E-state index in [-0.39, 0.29) is 0 Å². The predicted octanol–water partition coefficient (Wildman–Crippen LogP) is 5.01. The van der Waals surface area contributed by atoms with E-state index in [9.17, 15) is 0 Å². The maximum absolute atomic E-state index is 5.94. The highest BCUT2D eigenvalue weighted by Crippen LogP contribution is 2.19. The Labute approximate surface area is 144 Å². The van der Waals surface area contributed by atoms with Gasteiger partial charge in [0.1, 0.15) is 0 Å². The van der Waals surface area contributed by atoms with Gasteiger partial charge in [0.25, 0.3) is 0 Å². The molecule has 2 unspecified atom stereocenters. The van der Waals surface area contributed by atoms with Crippen molar-refractivity contribution in [1.82, 2.24) is 5.32 Å². The van der Waals surface area contributed by atoms with Gasteiger partial charge in [-0.25, -0.2) is 0 Å². The van der Waals surface area contributed by atoms with Gasteiger partial charge in [-0.05, 0) is 55.5 Å². The first-order valence-electron chi connectivity index (χ1n) is 8.21. The van der Waals surface area contributed by atoms with E-state index in [0.717, 1.165) is 42.2 Å². The van der Waals surface area contributed by atoms with Crippen LogP contribution in [0.5, 0.6) is 0 Å². The van der Waals surface area contributed by atoms with Crippen LogP contribution in [-0.4, -0.2) is 25.3 Å². The average molecular weight is 332 g/mol. The third kappa shape index (κ3) is 5.98. The molecule has 0 aromatic heterocycles. The Balaban J connectivity index is 1.85. The van der Waals surface area contributed by atoms with Crippen molar-refractivity contribution in [3.05, 3.63) is 65.2 Å². The van der Waals surface area contributed by atoms with Gasteiger partial charge in [-0.1, -0.05) is 48.5 Å². The number of rotatable bonds is 6. The van der Waals surface area contributed by atoms with Crippen LogP contribution in [-0.2, 0) is 4.74 Å². The summed E-state index contributed by atoms with van der Waals surface area (Å²) in [5, 5.41) is 4.33. The Morgan fingerprint density at radius 3 is 2.74 bits per heavy atom. The van der Waals surface area contributed by atoms with Crippen molar-refractivity contribution in [2.24, 2.45) is 0 Å². The van der Waals surface area contributed by atoms with Crippen molar-refractivity contribution < 1.29 is 4.74 Å². The molecule has 0 spiro atoms. The van der Waals surface area contributed by atoms with Crippen LogP contribution >= 0.6 is 11.6 Å². The minimum atomic E-state index is 0.351. The molecule has 2 atom stereocenters. The van der Waals surface area contributed by atoms with Crippen molar-refractivity contribution >= 4 is 17.2 Å². The molecular formula is C20H26ClNO. The lowest BCUT2D eigenvalue weighted by Gasteiger charge is -2.28. The summed E-state index contributed by atoms with van der Waals surface area (Å²) in [6.45, 7) is 9.97. The Morgan fingerprint density at radius 2 is 2.09 bits per heavy atom. The SMILES string of the molecule is C=C(C=CC(=CC)c1ccc(Cl)cc1)CNC1CCOC(C)C1. The molecule has 0 saturated carbocycles. The average Bonchev–Trinajstić information content (AvgIpc) is 2.55. The van der Waals surface area contributed by atoms with Crippen molar-refractivity contribution in [3.8, 4) is 0 Å². The standard InChI is InChI=1S/C20H26ClNO/c1-4-17(18-7-9-19(21)10-8-18)6-5-15(2)14-22-20-11-12-23-16(3)13-20/h4-10,16,20,22H,2,11-14H2,1,3H3. The second kappa shape index (κ2) is 9.07. The first-order valence-corrected chi connectivity index (χ1v) is 8.59. The maximum Gasteiger partial charge on any atom is 0.0561 e. The number of ether oxygens (including phenoxy) is 1. The number of halogens is 1. The zero-order chi connectivity index (χ0) is 16.7. The number of hydrogen-bond acceptors (Lipinski definition) is 2. The van der Waals surface area contributed by atoms with E-state index < -0.39 is 0 Å². The topological polar surface area (TPSA) is 21.3 Å². The van der Waals surface area contributed by atoms with Crippen LogP contribution in [0.2, 0.25) is 5.02 Å². The predicted molar refractivity (Wildman–Crippen MR) is 99.8 cm³/mol. The van der Waals surface area contributed by atoms with Crippen LogP contribution in [0.15, 0.2) is 54.6 Å². The normalized spacial score (nSPS) is 22.5. The number of allylic oxidation sites excluding steroid dienone is 3. The third-order valence-corrected chi connectivity index (χ3v) is 4.34. The van der Waals surface area contributed by atoms with Crippen LogP contribution < -0.4 is 5.32 Å². The largest absolute Gasteiger partial charge is 0.378 e. The molecule has 1 aliphatic heterocycles.